The lowest BCUT2D eigenvalue weighted by Gasteiger charge is -2.47. The second kappa shape index (κ2) is 6.78. The third-order valence-corrected chi connectivity index (χ3v) is 6.63. The molecular weight excluding hydrogens is 312 g/mol. The number of allylic oxidation sites excluding steroid dienone is 2. The van der Waals surface area contributed by atoms with E-state index in [0.717, 1.165) is 38.5 Å². The van der Waals surface area contributed by atoms with Crippen molar-refractivity contribution in [2.24, 2.45) is 23.7 Å². The molecule has 1 aromatic carbocycles. The molecule has 0 saturated heterocycles. The summed E-state index contributed by atoms with van der Waals surface area (Å²) >= 11 is 0. The van der Waals surface area contributed by atoms with Crippen LogP contribution in [-0.2, 0) is 4.79 Å². The fourth-order valence-electron chi connectivity index (χ4n) is 5.64. The summed E-state index contributed by atoms with van der Waals surface area (Å²) in [6.45, 7) is 0. The van der Waals surface area contributed by atoms with E-state index < -0.39 is 11.9 Å². The van der Waals surface area contributed by atoms with Crippen molar-refractivity contribution in [3.63, 3.8) is 0 Å². The predicted molar refractivity (Wildman–Crippen MR) is 96.3 cm³/mol. The van der Waals surface area contributed by atoms with E-state index in [1.54, 1.807) is 0 Å². The number of carbonyl (C=O) groups is 2. The van der Waals surface area contributed by atoms with Gasteiger partial charge in [0.25, 0.3) is 0 Å². The van der Waals surface area contributed by atoms with Crippen LogP contribution in [0.25, 0.3) is 0 Å². The lowest BCUT2D eigenvalue weighted by atomic mass is 9.56. The average Bonchev–Trinajstić information content (AvgIpc) is 2.67. The minimum Gasteiger partial charge on any atom is -0.481 e. The highest BCUT2D eigenvalue weighted by atomic mass is 16.4. The number of hydrogen-bond acceptors (Lipinski definition) is 2. The smallest absolute Gasteiger partial charge is 0.307 e. The summed E-state index contributed by atoms with van der Waals surface area (Å²) in [6, 6.07) is 9.32. The molecule has 0 heterocycles. The van der Waals surface area contributed by atoms with Crippen molar-refractivity contribution >= 4 is 11.8 Å². The summed E-state index contributed by atoms with van der Waals surface area (Å²) in [5.74, 6) is -1.44. The number of fused-ring (bicyclic) bond motifs is 2. The van der Waals surface area contributed by atoms with Crippen LogP contribution >= 0.6 is 0 Å². The Labute approximate surface area is 149 Å². The SMILES string of the molecule is O=C(O)[C@@H]1[C@H](C(=O)c2ccccc2)[C@@H]2CCCCC2=C2CCCC[C@@H]21. The third kappa shape index (κ3) is 2.84. The number of ketones is 1. The van der Waals surface area contributed by atoms with E-state index in [1.807, 2.05) is 30.3 Å². The second-order valence-corrected chi connectivity index (χ2v) is 7.88. The predicted octanol–water partition coefficient (Wildman–Crippen LogP) is 4.88. The van der Waals surface area contributed by atoms with Crippen molar-refractivity contribution in [2.45, 2.75) is 51.4 Å². The Hall–Kier alpha value is -1.90. The topological polar surface area (TPSA) is 54.4 Å². The van der Waals surface area contributed by atoms with E-state index in [9.17, 15) is 14.7 Å². The first-order valence-electron chi connectivity index (χ1n) is 9.72. The van der Waals surface area contributed by atoms with Crippen LogP contribution in [0.2, 0.25) is 0 Å². The van der Waals surface area contributed by atoms with Gasteiger partial charge in [-0.05, 0) is 50.4 Å². The van der Waals surface area contributed by atoms with Crippen molar-refractivity contribution in [3.8, 4) is 0 Å². The van der Waals surface area contributed by atoms with Gasteiger partial charge in [0.1, 0.15) is 0 Å². The minimum absolute atomic E-state index is 0.0435. The van der Waals surface area contributed by atoms with Crippen LogP contribution in [0, 0.1) is 23.7 Å². The monoisotopic (exact) mass is 338 g/mol. The molecule has 4 rings (SSSR count). The van der Waals surface area contributed by atoms with E-state index in [2.05, 4.69) is 0 Å². The number of benzene rings is 1. The van der Waals surface area contributed by atoms with Crippen LogP contribution < -0.4 is 0 Å². The van der Waals surface area contributed by atoms with E-state index in [-0.39, 0.29) is 23.5 Å². The molecule has 0 radical (unpaired) electrons. The number of carboxylic acid groups (broad SMARTS) is 1. The first kappa shape index (κ1) is 16.6. The van der Waals surface area contributed by atoms with Crippen molar-refractivity contribution in [1.82, 2.24) is 0 Å². The van der Waals surface area contributed by atoms with Gasteiger partial charge in [0, 0.05) is 11.5 Å². The molecule has 2 saturated carbocycles. The highest BCUT2D eigenvalue weighted by molar-refractivity contribution is 6.00. The molecule has 1 aromatic rings. The summed E-state index contributed by atoms with van der Waals surface area (Å²) in [5, 5.41) is 10.1. The van der Waals surface area contributed by atoms with Crippen LogP contribution in [0.3, 0.4) is 0 Å². The zero-order chi connectivity index (χ0) is 17.4. The van der Waals surface area contributed by atoms with Gasteiger partial charge in [-0.1, -0.05) is 54.3 Å². The molecule has 0 aliphatic heterocycles. The van der Waals surface area contributed by atoms with E-state index in [4.69, 9.17) is 0 Å². The minimum atomic E-state index is -0.775. The van der Waals surface area contributed by atoms with Gasteiger partial charge in [0.2, 0.25) is 0 Å². The zero-order valence-electron chi connectivity index (χ0n) is 14.6. The molecule has 4 atom stereocenters. The van der Waals surface area contributed by atoms with Gasteiger partial charge < -0.3 is 5.11 Å². The third-order valence-electron chi connectivity index (χ3n) is 6.63. The van der Waals surface area contributed by atoms with Crippen molar-refractivity contribution in [1.29, 1.82) is 0 Å². The zero-order valence-corrected chi connectivity index (χ0v) is 14.6. The molecule has 0 bridgehead atoms. The normalized spacial score (nSPS) is 31.8. The molecule has 1 N–H and O–H groups in total. The van der Waals surface area contributed by atoms with Gasteiger partial charge in [-0.25, -0.2) is 0 Å². The molecule has 2 fully saturated rings. The number of rotatable bonds is 3. The quantitative estimate of drug-likeness (QED) is 0.631. The van der Waals surface area contributed by atoms with Crippen molar-refractivity contribution < 1.29 is 14.7 Å². The van der Waals surface area contributed by atoms with Crippen LogP contribution in [0.15, 0.2) is 41.5 Å². The summed E-state index contributed by atoms with van der Waals surface area (Å²) in [5.41, 5.74) is 3.55. The number of aliphatic carboxylic acids is 1. The van der Waals surface area contributed by atoms with Crippen molar-refractivity contribution in [3.05, 3.63) is 47.0 Å². The Kier molecular flexibility index (Phi) is 4.49. The molecule has 132 valence electrons. The largest absolute Gasteiger partial charge is 0.481 e. The van der Waals surface area contributed by atoms with Gasteiger partial charge in [-0.2, -0.15) is 0 Å². The Bertz CT molecular complexity index is 703. The molecule has 0 unspecified atom stereocenters. The van der Waals surface area contributed by atoms with Gasteiger partial charge in [0.15, 0.2) is 5.78 Å². The average molecular weight is 338 g/mol. The molecule has 3 aliphatic carbocycles. The maximum Gasteiger partial charge on any atom is 0.307 e. The summed E-state index contributed by atoms with van der Waals surface area (Å²) < 4.78 is 0. The Balaban J connectivity index is 1.81. The van der Waals surface area contributed by atoms with E-state index >= 15 is 0 Å². The fourth-order valence-corrected chi connectivity index (χ4v) is 5.64. The number of hydrogen-bond donors (Lipinski definition) is 1. The first-order chi connectivity index (χ1) is 12.2. The van der Waals surface area contributed by atoms with Gasteiger partial charge in [-0.15, -0.1) is 0 Å². The molecular formula is C22H26O3. The lowest BCUT2D eigenvalue weighted by Crippen LogP contribution is -2.46. The number of carboxylic acids is 1. The standard InChI is InChI=1S/C22H26O3/c23-21(14-8-2-1-3-9-14)19-17-12-6-4-10-15(17)16-11-5-7-13-18(16)20(19)22(24)25/h1-3,8-9,17-20H,4-7,10-13H2,(H,24,25)/t17-,18+,19-,20+/m1/s1. The van der Waals surface area contributed by atoms with Crippen molar-refractivity contribution in [2.75, 3.05) is 0 Å². The molecule has 0 aromatic heterocycles. The van der Waals surface area contributed by atoms with Crippen LogP contribution in [0.4, 0.5) is 0 Å². The van der Waals surface area contributed by atoms with Gasteiger partial charge in [0.05, 0.1) is 5.92 Å². The number of Topliss-reactive ketones (excluding diaryl/α,β-unsaturated/α-hetero) is 1. The summed E-state index contributed by atoms with van der Waals surface area (Å²) in [4.78, 5) is 25.6. The van der Waals surface area contributed by atoms with Crippen LogP contribution in [0.5, 0.6) is 0 Å². The highest BCUT2D eigenvalue weighted by Gasteiger charge is 2.51. The van der Waals surface area contributed by atoms with E-state index in [1.165, 1.54) is 24.0 Å². The maximum atomic E-state index is 13.4. The Morgan fingerprint density at radius 2 is 1.36 bits per heavy atom. The first-order valence-corrected chi connectivity index (χ1v) is 9.72. The summed E-state index contributed by atoms with van der Waals surface area (Å²) in [6.07, 6.45) is 8.57. The van der Waals surface area contributed by atoms with Gasteiger partial charge >= 0.3 is 5.97 Å². The fraction of sp³-hybridized carbons (Fsp3) is 0.545. The molecule has 25 heavy (non-hydrogen) atoms. The Morgan fingerprint density at radius 1 is 0.800 bits per heavy atom. The second-order valence-electron chi connectivity index (χ2n) is 7.88. The molecule has 0 spiro atoms. The van der Waals surface area contributed by atoms with Crippen LogP contribution in [0.1, 0.15) is 61.7 Å². The summed E-state index contributed by atoms with van der Waals surface area (Å²) in [7, 11) is 0. The van der Waals surface area contributed by atoms with E-state index in [0.29, 0.717) is 5.56 Å². The molecule has 3 heteroatoms. The number of carbonyl (C=O) groups excluding carboxylic acids is 1. The highest BCUT2D eigenvalue weighted by Crippen LogP contribution is 2.53. The molecule has 0 amide bonds. The van der Waals surface area contributed by atoms with Gasteiger partial charge in [-0.3, -0.25) is 9.59 Å². The Morgan fingerprint density at radius 3 is 1.92 bits per heavy atom. The lowest BCUT2D eigenvalue weighted by molar-refractivity contribution is -0.146. The molecule has 3 nitrogen and oxygen atoms in total. The maximum absolute atomic E-state index is 13.4. The molecule has 3 aliphatic rings. The van der Waals surface area contributed by atoms with Crippen LogP contribution in [-0.4, -0.2) is 16.9 Å².